The van der Waals surface area contributed by atoms with Gasteiger partial charge >= 0.3 is 0 Å². The number of hydrogen-bond acceptors (Lipinski definition) is 0. The molecule has 4 heteroatoms. The Morgan fingerprint density at radius 1 is 0.387 bits per heavy atom. The summed E-state index contributed by atoms with van der Waals surface area (Å²) in [6.45, 7) is 0. The largest absolute Gasteiger partial charge is 0.109 e. The van der Waals surface area contributed by atoms with E-state index in [0.717, 1.165) is 0 Å². The van der Waals surface area contributed by atoms with Crippen LogP contribution >= 0.6 is 39.0 Å². The lowest BCUT2D eigenvalue weighted by Gasteiger charge is -2.24. The summed E-state index contributed by atoms with van der Waals surface area (Å²) in [6.07, 6.45) is 2.41. The van der Waals surface area contributed by atoms with Crippen molar-refractivity contribution in [2.75, 3.05) is 17.7 Å². The molecule has 0 saturated carbocycles. The Morgan fingerprint density at radius 3 is 0.774 bits per heavy atom. The minimum atomic E-state index is -0.348. The molecule has 0 aliphatic heterocycles. The van der Waals surface area contributed by atoms with Gasteiger partial charge in [0, 0.05) is 0 Å². The van der Waals surface area contributed by atoms with Gasteiger partial charge in [0.05, 0.1) is 5.34 Å². The molecule has 0 fully saturated rings. The lowest BCUT2D eigenvalue weighted by atomic mass is 10.4. The van der Waals surface area contributed by atoms with Crippen LogP contribution in [0.3, 0.4) is 0 Å². The van der Waals surface area contributed by atoms with Crippen molar-refractivity contribution >= 4 is 60.3 Å². The summed E-state index contributed by atoms with van der Waals surface area (Å²) in [5, 5.41) is 6.08. The predicted molar refractivity (Wildman–Crippen MR) is 144 cm³/mol. The number of benzene rings is 4. The van der Waals surface area contributed by atoms with Crippen LogP contribution in [0.25, 0.3) is 0 Å². The molecule has 0 unspecified atom stereocenters. The SMILES string of the molecule is ClCCl.c1ccc(P(CCP(c2ccccc2)c2ccccc2)c2ccccc2)cc1. The lowest BCUT2D eigenvalue weighted by molar-refractivity contribution is 1.51. The monoisotopic (exact) mass is 482 g/mol. The topological polar surface area (TPSA) is 0 Å². The third-order valence-corrected chi connectivity index (χ3v) is 10.2. The molecule has 0 radical (unpaired) electrons. The Kier molecular flexibility index (Phi) is 10.6. The third kappa shape index (κ3) is 7.45. The molecule has 0 heterocycles. The van der Waals surface area contributed by atoms with E-state index in [0.29, 0.717) is 0 Å². The van der Waals surface area contributed by atoms with E-state index in [1.54, 1.807) is 0 Å². The maximum Gasteiger partial charge on any atom is 0.0967 e. The van der Waals surface area contributed by atoms with Gasteiger partial charge in [-0.3, -0.25) is 0 Å². The molecule has 0 N–H and O–H groups in total. The normalized spacial score (nSPS) is 10.6. The van der Waals surface area contributed by atoms with Crippen molar-refractivity contribution in [3.05, 3.63) is 121 Å². The zero-order valence-corrected chi connectivity index (χ0v) is 20.6. The average molecular weight is 483 g/mol. The molecular weight excluding hydrogens is 457 g/mol. The molecule has 0 atom stereocenters. The van der Waals surface area contributed by atoms with Gasteiger partial charge in [0.15, 0.2) is 0 Å². The second kappa shape index (κ2) is 13.7. The van der Waals surface area contributed by atoms with Crippen LogP contribution in [0.1, 0.15) is 0 Å². The van der Waals surface area contributed by atoms with Gasteiger partial charge in [0.2, 0.25) is 0 Å². The molecule has 4 aromatic carbocycles. The van der Waals surface area contributed by atoms with Crippen molar-refractivity contribution in [2.45, 2.75) is 0 Å². The highest BCUT2D eigenvalue weighted by Gasteiger charge is 2.18. The number of halogens is 2. The molecule has 0 aromatic heterocycles. The van der Waals surface area contributed by atoms with E-state index in [4.69, 9.17) is 23.2 Å². The van der Waals surface area contributed by atoms with Crippen molar-refractivity contribution < 1.29 is 0 Å². The van der Waals surface area contributed by atoms with Gasteiger partial charge in [0.1, 0.15) is 0 Å². The summed E-state index contributed by atoms with van der Waals surface area (Å²) in [5.74, 6) is 0. The number of rotatable bonds is 7. The number of alkyl halides is 2. The molecule has 0 spiro atoms. The maximum absolute atomic E-state index is 4.76. The zero-order valence-electron chi connectivity index (χ0n) is 17.3. The third-order valence-electron chi connectivity index (χ3n) is 4.82. The highest BCUT2D eigenvalue weighted by molar-refractivity contribution is 7.76. The Morgan fingerprint density at radius 2 is 0.581 bits per heavy atom. The van der Waals surface area contributed by atoms with E-state index < -0.39 is 0 Å². The summed E-state index contributed by atoms with van der Waals surface area (Å²) in [5.41, 5.74) is 0. The van der Waals surface area contributed by atoms with E-state index in [1.807, 2.05) is 0 Å². The number of hydrogen-bond donors (Lipinski definition) is 0. The minimum absolute atomic E-state index is 0.194. The standard InChI is InChI=1S/C26H24P2.CH2Cl2/c1-5-13-23(14-6-1)27(24-15-7-2-8-16-24)21-22-28(25-17-9-3-10-18-25)26-19-11-4-12-20-26;2-1-3/h1-20H,21-22H2;1H2. The van der Waals surface area contributed by atoms with Gasteiger partial charge in [-0.1, -0.05) is 121 Å². The van der Waals surface area contributed by atoms with Crippen molar-refractivity contribution in [2.24, 2.45) is 0 Å². The fraction of sp³-hybridized carbons (Fsp3) is 0.111. The molecule has 31 heavy (non-hydrogen) atoms. The zero-order chi connectivity index (χ0) is 21.7. The molecule has 0 bridgehead atoms. The quantitative estimate of drug-likeness (QED) is 0.203. The van der Waals surface area contributed by atoms with Crippen LogP contribution in [0.15, 0.2) is 121 Å². The van der Waals surface area contributed by atoms with E-state index in [-0.39, 0.29) is 21.2 Å². The predicted octanol–water partition coefficient (Wildman–Crippen LogP) is 6.67. The molecule has 4 rings (SSSR count). The van der Waals surface area contributed by atoms with Crippen LogP contribution in [0, 0.1) is 0 Å². The average Bonchev–Trinajstić information content (AvgIpc) is 2.85. The minimum Gasteiger partial charge on any atom is -0.109 e. The van der Waals surface area contributed by atoms with Crippen molar-refractivity contribution in [1.29, 1.82) is 0 Å². The second-order valence-corrected chi connectivity index (χ2v) is 12.2. The van der Waals surface area contributed by atoms with Gasteiger partial charge < -0.3 is 0 Å². The second-order valence-electron chi connectivity index (χ2n) is 6.75. The highest BCUT2D eigenvalue weighted by Crippen LogP contribution is 2.41. The summed E-state index contributed by atoms with van der Waals surface area (Å²) in [6, 6.07) is 44.2. The van der Waals surface area contributed by atoms with Crippen LogP contribution in [0.4, 0.5) is 0 Å². The first kappa shape index (κ1) is 24.0. The fourth-order valence-electron chi connectivity index (χ4n) is 3.45. The van der Waals surface area contributed by atoms with Gasteiger partial charge in [-0.15, -0.1) is 23.2 Å². The van der Waals surface area contributed by atoms with E-state index >= 15 is 0 Å². The highest BCUT2D eigenvalue weighted by atomic mass is 35.5. The molecule has 4 aromatic rings. The molecule has 158 valence electrons. The Hall–Kier alpha value is -1.68. The summed E-state index contributed by atoms with van der Waals surface area (Å²) < 4.78 is 0. The van der Waals surface area contributed by atoms with Gasteiger partial charge in [-0.25, -0.2) is 0 Å². The van der Waals surface area contributed by atoms with Gasteiger partial charge in [-0.05, 0) is 49.4 Å². The maximum atomic E-state index is 4.76. The first-order chi connectivity index (χ1) is 15.3. The van der Waals surface area contributed by atoms with E-state index in [1.165, 1.54) is 33.5 Å². The smallest absolute Gasteiger partial charge is 0.0967 e. The fourth-order valence-corrected chi connectivity index (χ4v) is 8.80. The molecular formula is C27H26Cl2P2. The van der Waals surface area contributed by atoms with Crippen LogP contribution in [-0.4, -0.2) is 17.7 Å². The van der Waals surface area contributed by atoms with Crippen LogP contribution < -0.4 is 21.2 Å². The lowest BCUT2D eigenvalue weighted by Crippen LogP contribution is -2.19. The Balaban J connectivity index is 0.000000858. The van der Waals surface area contributed by atoms with Crippen LogP contribution in [0.2, 0.25) is 0 Å². The molecule has 0 aliphatic rings. The van der Waals surface area contributed by atoms with Crippen LogP contribution in [0.5, 0.6) is 0 Å². The van der Waals surface area contributed by atoms with Crippen molar-refractivity contribution in [1.82, 2.24) is 0 Å². The molecule has 0 aliphatic carbocycles. The summed E-state index contributed by atoms with van der Waals surface area (Å²) in [4.78, 5) is 0. The first-order valence-electron chi connectivity index (χ1n) is 10.2. The van der Waals surface area contributed by atoms with Crippen LogP contribution in [-0.2, 0) is 0 Å². The van der Waals surface area contributed by atoms with Gasteiger partial charge in [-0.2, -0.15) is 0 Å². The van der Waals surface area contributed by atoms with Crippen molar-refractivity contribution in [3.63, 3.8) is 0 Å². The first-order valence-corrected chi connectivity index (χ1v) is 14.3. The summed E-state index contributed by atoms with van der Waals surface area (Å²) >= 11 is 9.53. The van der Waals surface area contributed by atoms with E-state index in [9.17, 15) is 0 Å². The van der Waals surface area contributed by atoms with Crippen molar-refractivity contribution in [3.8, 4) is 0 Å². The summed E-state index contributed by atoms with van der Waals surface area (Å²) in [7, 11) is -0.696. The van der Waals surface area contributed by atoms with E-state index in [2.05, 4.69) is 121 Å². The molecule has 0 amide bonds. The molecule has 0 nitrogen and oxygen atoms in total. The Bertz CT molecular complexity index is 819. The van der Waals surface area contributed by atoms with Gasteiger partial charge in [0.25, 0.3) is 0 Å². The molecule has 0 saturated heterocycles. The Labute approximate surface area is 198 Å².